The zero-order chi connectivity index (χ0) is 18.3. The summed E-state index contributed by atoms with van der Waals surface area (Å²) < 4.78 is 0. The third kappa shape index (κ3) is 12.3. The second kappa shape index (κ2) is 9.44. The first-order valence-electron chi connectivity index (χ1n) is 9.08. The van der Waals surface area contributed by atoms with Gasteiger partial charge in [-0.15, -0.1) is 0 Å². The molecular weight excluding hydrogens is 286 g/mol. The van der Waals surface area contributed by atoms with Crippen LogP contribution in [0.1, 0.15) is 87.0 Å². The first kappa shape index (κ1) is 22.1. The van der Waals surface area contributed by atoms with Crippen molar-refractivity contribution in [3.8, 4) is 0 Å². The number of rotatable bonds is 9. The first-order chi connectivity index (χ1) is 10.3. The van der Waals surface area contributed by atoms with Crippen LogP contribution >= 0.6 is 0 Å². The number of nitrogens with zero attached hydrogens (tertiary/aromatic N) is 1. The van der Waals surface area contributed by atoms with Crippen molar-refractivity contribution in [3.63, 3.8) is 0 Å². The summed E-state index contributed by atoms with van der Waals surface area (Å²) in [6.45, 7) is 15.5. The van der Waals surface area contributed by atoms with E-state index in [1.54, 1.807) is 0 Å². The number of unbranched alkanes of at least 4 members (excludes halogenated alkanes) is 2. The second-order valence-electron chi connectivity index (χ2n) is 9.51. The van der Waals surface area contributed by atoms with Crippen LogP contribution in [0.4, 0.5) is 0 Å². The molecule has 0 aromatic carbocycles. The van der Waals surface area contributed by atoms with E-state index in [-0.39, 0.29) is 22.7 Å². The SMILES string of the molecule is CC(CCCCCN(C)C(=O)CC(C)(C)C)C(=O)CC(C)(C)C. The van der Waals surface area contributed by atoms with E-state index in [2.05, 4.69) is 41.5 Å². The molecule has 0 aliphatic carbocycles. The summed E-state index contributed by atoms with van der Waals surface area (Å²) in [5.41, 5.74) is 0.135. The molecular formula is C20H39NO2. The number of Topliss-reactive ketones (excluding diaryl/α,β-unsaturated/α-hetero) is 1. The molecule has 0 aromatic rings. The minimum atomic E-state index is 0.0498. The summed E-state index contributed by atoms with van der Waals surface area (Å²) in [6.07, 6.45) is 5.40. The Morgan fingerprint density at radius 1 is 0.870 bits per heavy atom. The van der Waals surface area contributed by atoms with Gasteiger partial charge in [-0.1, -0.05) is 61.3 Å². The van der Waals surface area contributed by atoms with E-state index in [1.807, 2.05) is 18.9 Å². The zero-order valence-corrected chi connectivity index (χ0v) is 16.8. The van der Waals surface area contributed by atoms with Gasteiger partial charge in [-0.05, 0) is 23.7 Å². The highest BCUT2D eigenvalue weighted by Gasteiger charge is 2.21. The van der Waals surface area contributed by atoms with Crippen LogP contribution in [-0.4, -0.2) is 30.2 Å². The summed E-state index contributed by atoms with van der Waals surface area (Å²) >= 11 is 0. The number of carbonyl (C=O) groups excluding carboxylic acids is 2. The minimum absolute atomic E-state index is 0.0498. The van der Waals surface area contributed by atoms with E-state index in [4.69, 9.17) is 0 Å². The van der Waals surface area contributed by atoms with Crippen LogP contribution in [0.3, 0.4) is 0 Å². The Kier molecular flexibility index (Phi) is 9.09. The van der Waals surface area contributed by atoms with Crippen LogP contribution in [-0.2, 0) is 9.59 Å². The molecule has 3 nitrogen and oxygen atoms in total. The predicted octanol–water partition coefficient (Wildman–Crippen LogP) is 5.08. The fourth-order valence-corrected chi connectivity index (χ4v) is 2.55. The number of carbonyl (C=O) groups is 2. The Balaban J connectivity index is 3.88. The smallest absolute Gasteiger partial charge is 0.222 e. The molecule has 23 heavy (non-hydrogen) atoms. The molecule has 1 amide bonds. The van der Waals surface area contributed by atoms with Crippen molar-refractivity contribution >= 4 is 11.7 Å². The van der Waals surface area contributed by atoms with Crippen LogP contribution < -0.4 is 0 Å². The van der Waals surface area contributed by atoms with Crippen LogP contribution in [0.15, 0.2) is 0 Å². The summed E-state index contributed by atoms with van der Waals surface area (Å²) in [6, 6.07) is 0. The lowest BCUT2D eigenvalue weighted by Crippen LogP contribution is -2.30. The maximum absolute atomic E-state index is 12.1. The summed E-state index contributed by atoms with van der Waals surface area (Å²) in [5, 5.41) is 0. The molecule has 136 valence electrons. The predicted molar refractivity (Wildman–Crippen MR) is 98.4 cm³/mol. The van der Waals surface area contributed by atoms with Gasteiger partial charge in [0.1, 0.15) is 5.78 Å². The highest BCUT2D eigenvalue weighted by Crippen LogP contribution is 2.23. The average Bonchev–Trinajstić information content (AvgIpc) is 2.33. The van der Waals surface area contributed by atoms with Crippen molar-refractivity contribution < 1.29 is 9.59 Å². The lowest BCUT2D eigenvalue weighted by atomic mass is 9.85. The number of ketones is 1. The molecule has 0 aromatic heterocycles. The van der Waals surface area contributed by atoms with Gasteiger partial charge in [0.05, 0.1) is 0 Å². The monoisotopic (exact) mass is 325 g/mol. The lowest BCUT2D eigenvalue weighted by Gasteiger charge is -2.23. The van der Waals surface area contributed by atoms with Crippen molar-refractivity contribution in [1.82, 2.24) is 4.90 Å². The Morgan fingerprint density at radius 3 is 1.87 bits per heavy atom. The number of amides is 1. The molecule has 0 saturated carbocycles. The Bertz CT molecular complexity index is 338. The van der Waals surface area contributed by atoms with Crippen LogP contribution in [0.5, 0.6) is 0 Å². The van der Waals surface area contributed by atoms with Crippen molar-refractivity contribution in [1.29, 1.82) is 0 Å². The minimum Gasteiger partial charge on any atom is -0.346 e. The van der Waals surface area contributed by atoms with Gasteiger partial charge in [0.25, 0.3) is 0 Å². The van der Waals surface area contributed by atoms with E-state index < -0.39 is 0 Å². The molecule has 0 rings (SSSR count). The molecule has 0 aliphatic rings. The molecule has 0 heterocycles. The van der Waals surface area contributed by atoms with Gasteiger partial charge in [0.2, 0.25) is 5.91 Å². The molecule has 0 fully saturated rings. The van der Waals surface area contributed by atoms with Gasteiger partial charge >= 0.3 is 0 Å². The molecule has 3 heteroatoms. The Morgan fingerprint density at radius 2 is 1.39 bits per heavy atom. The van der Waals surface area contributed by atoms with E-state index in [9.17, 15) is 9.59 Å². The third-order valence-corrected chi connectivity index (χ3v) is 3.99. The van der Waals surface area contributed by atoms with Crippen molar-refractivity contribution in [3.05, 3.63) is 0 Å². The van der Waals surface area contributed by atoms with Gasteiger partial charge in [-0.25, -0.2) is 0 Å². The van der Waals surface area contributed by atoms with E-state index in [0.717, 1.165) is 32.2 Å². The summed E-state index contributed by atoms with van der Waals surface area (Å²) in [4.78, 5) is 26.0. The fraction of sp³-hybridized carbons (Fsp3) is 0.900. The molecule has 0 saturated heterocycles. The van der Waals surface area contributed by atoms with E-state index in [1.165, 1.54) is 0 Å². The standard InChI is InChI=1S/C20H39NO2/c1-16(17(22)14-19(2,3)4)12-10-9-11-13-21(8)18(23)15-20(5,6)7/h16H,9-15H2,1-8H3. The third-order valence-electron chi connectivity index (χ3n) is 3.99. The summed E-state index contributed by atoms with van der Waals surface area (Å²) in [7, 11) is 1.89. The second-order valence-corrected chi connectivity index (χ2v) is 9.51. The van der Waals surface area contributed by atoms with Gasteiger partial charge in [-0.3, -0.25) is 9.59 Å². The van der Waals surface area contributed by atoms with Crippen LogP contribution in [0.2, 0.25) is 0 Å². The van der Waals surface area contributed by atoms with E-state index >= 15 is 0 Å². The molecule has 1 unspecified atom stereocenters. The zero-order valence-electron chi connectivity index (χ0n) is 16.8. The topological polar surface area (TPSA) is 37.4 Å². The Labute approximate surface area is 144 Å². The van der Waals surface area contributed by atoms with Crippen molar-refractivity contribution in [2.75, 3.05) is 13.6 Å². The molecule has 0 N–H and O–H groups in total. The maximum atomic E-state index is 12.1. The quantitative estimate of drug-likeness (QED) is 0.554. The number of hydrogen-bond acceptors (Lipinski definition) is 2. The Hall–Kier alpha value is -0.860. The summed E-state index contributed by atoms with van der Waals surface area (Å²) in [5.74, 6) is 0.774. The number of hydrogen-bond donors (Lipinski definition) is 0. The van der Waals surface area contributed by atoms with Crippen molar-refractivity contribution in [2.45, 2.75) is 87.0 Å². The molecule has 0 spiro atoms. The van der Waals surface area contributed by atoms with Crippen LogP contribution in [0.25, 0.3) is 0 Å². The largest absolute Gasteiger partial charge is 0.346 e. The highest BCUT2D eigenvalue weighted by atomic mass is 16.2. The fourth-order valence-electron chi connectivity index (χ4n) is 2.55. The van der Waals surface area contributed by atoms with E-state index in [0.29, 0.717) is 18.6 Å². The molecule has 0 radical (unpaired) electrons. The highest BCUT2D eigenvalue weighted by molar-refractivity contribution is 5.81. The average molecular weight is 326 g/mol. The molecule has 0 aliphatic heterocycles. The van der Waals surface area contributed by atoms with Gasteiger partial charge in [0, 0.05) is 32.4 Å². The van der Waals surface area contributed by atoms with Gasteiger partial charge in [-0.2, -0.15) is 0 Å². The van der Waals surface area contributed by atoms with Gasteiger partial charge < -0.3 is 4.90 Å². The van der Waals surface area contributed by atoms with Gasteiger partial charge in [0.15, 0.2) is 0 Å². The van der Waals surface area contributed by atoms with Crippen molar-refractivity contribution in [2.24, 2.45) is 16.7 Å². The van der Waals surface area contributed by atoms with Crippen LogP contribution in [0, 0.1) is 16.7 Å². The maximum Gasteiger partial charge on any atom is 0.222 e. The first-order valence-corrected chi connectivity index (χ1v) is 9.08. The lowest BCUT2D eigenvalue weighted by molar-refractivity contribution is -0.131. The molecule has 0 bridgehead atoms. The molecule has 1 atom stereocenters. The normalized spacial score (nSPS) is 13.7.